The van der Waals surface area contributed by atoms with Crippen molar-refractivity contribution >= 4 is 11.3 Å². The fourth-order valence-electron chi connectivity index (χ4n) is 2.21. The summed E-state index contributed by atoms with van der Waals surface area (Å²) in [5.74, 6) is 0. The molecule has 0 aromatic carbocycles. The van der Waals surface area contributed by atoms with Crippen molar-refractivity contribution in [2.75, 3.05) is 13.2 Å². The third kappa shape index (κ3) is 3.78. The molecule has 3 unspecified atom stereocenters. The summed E-state index contributed by atoms with van der Waals surface area (Å²) in [6, 6.07) is 2.47. The first-order valence-electron chi connectivity index (χ1n) is 6.34. The average Bonchev–Trinajstić information content (AvgIpc) is 2.90. The molecular formula is C13H21NO2S. The number of rotatable bonds is 5. The van der Waals surface area contributed by atoms with Crippen LogP contribution in [0.4, 0.5) is 0 Å². The van der Waals surface area contributed by atoms with Crippen molar-refractivity contribution in [1.82, 2.24) is 5.32 Å². The summed E-state index contributed by atoms with van der Waals surface area (Å²) < 4.78 is 5.64. The Labute approximate surface area is 107 Å². The molecule has 0 bridgehead atoms. The van der Waals surface area contributed by atoms with Gasteiger partial charge >= 0.3 is 0 Å². The van der Waals surface area contributed by atoms with E-state index in [1.54, 1.807) is 11.3 Å². The van der Waals surface area contributed by atoms with Gasteiger partial charge in [0.05, 0.1) is 12.2 Å². The minimum absolute atomic E-state index is 0.385. The first kappa shape index (κ1) is 13.0. The number of hydrogen-bond donors (Lipinski definition) is 2. The van der Waals surface area contributed by atoms with Crippen molar-refractivity contribution in [2.45, 2.75) is 44.4 Å². The number of aliphatic hydroxyl groups is 1. The third-order valence-electron chi connectivity index (χ3n) is 3.35. The molecule has 3 nitrogen and oxygen atoms in total. The van der Waals surface area contributed by atoms with Crippen LogP contribution >= 0.6 is 11.3 Å². The summed E-state index contributed by atoms with van der Waals surface area (Å²) in [7, 11) is 0. The zero-order chi connectivity index (χ0) is 12.1. The number of thiophene rings is 1. The average molecular weight is 255 g/mol. The molecule has 1 fully saturated rings. The highest BCUT2D eigenvalue weighted by Gasteiger charge is 2.21. The molecule has 0 amide bonds. The topological polar surface area (TPSA) is 41.5 Å². The Balaban J connectivity index is 1.74. The van der Waals surface area contributed by atoms with Gasteiger partial charge in [-0.2, -0.15) is 11.3 Å². The fraction of sp³-hybridized carbons (Fsp3) is 0.692. The van der Waals surface area contributed by atoms with Crippen LogP contribution in [0.1, 0.15) is 37.9 Å². The summed E-state index contributed by atoms with van der Waals surface area (Å²) in [6.07, 6.45) is 3.19. The quantitative estimate of drug-likeness (QED) is 0.848. The molecule has 0 aliphatic carbocycles. The standard InChI is InChI=1S/C13H21NO2S/c1-2-12-7-11(3-5-16-12)14-8-13(15)10-4-6-17-9-10/h4,6,9,11-15H,2-3,5,7-8H2,1H3. The third-order valence-corrected chi connectivity index (χ3v) is 4.05. The Kier molecular flexibility index (Phi) is 4.98. The van der Waals surface area contributed by atoms with Crippen molar-refractivity contribution in [3.8, 4) is 0 Å². The van der Waals surface area contributed by atoms with Gasteiger partial charge in [0.25, 0.3) is 0 Å². The van der Waals surface area contributed by atoms with E-state index in [4.69, 9.17) is 4.74 Å². The normalized spacial score (nSPS) is 26.9. The Morgan fingerprint density at radius 3 is 3.24 bits per heavy atom. The largest absolute Gasteiger partial charge is 0.387 e. The summed E-state index contributed by atoms with van der Waals surface area (Å²) in [5, 5.41) is 17.4. The predicted molar refractivity (Wildman–Crippen MR) is 70.3 cm³/mol. The Bertz CT molecular complexity index is 315. The molecule has 2 heterocycles. The van der Waals surface area contributed by atoms with Crippen LogP contribution in [-0.4, -0.2) is 30.4 Å². The van der Waals surface area contributed by atoms with Crippen LogP contribution in [0.15, 0.2) is 16.8 Å². The van der Waals surface area contributed by atoms with Crippen LogP contribution in [0.25, 0.3) is 0 Å². The number of aliphatic hydroxyl groups excluding tert-OH is 1. The van der Waals surface area contributed by atoms with E-state index in [2.05, 4.69) is 12.2 Å². The zero-order valence-corrected chi connectivity index (χ0v) is 11.1. The minimum Gasteiger partial charge on any atom is -0.387 e. The van der Waals surface area contributed by atoms with Gasteiger partial charge in [0.1, 0.15) is 0 Å². The van der Waals surface area contributed by atoms with Crippen molar-refractivity contribution in [2.24, 2.45) is 0 Å². The van der Waals surface area contributed by atoms with E-state index in [0.29, 0.717) is 18.7 Å². The molecule has 0 spiro atoms. The second kappa shape index (κ2) is 6.50. The highest BCUT2D eigenvalue weighted by atomic mass is 32.1. The maximum Gasteiger partial charge on any atom is 0.0922 e. The van der Waals surface area contributed by atoms with Crippen molar-refractivity contribution in [1.29, 1.82) is 0 Å². The summed E-state index contributed by atoms with van der Waals surface area (Å²) >= 11 is 1.63. The monoisotopic (exact) mass is 255 g/mol. The van der Waals surface area contributed by atoms with Gasteiger partial charge in [0.2, 0.25) is 0 Å². The second-order valence-electron chi connectivity index (χ2n) is 4.60. The van der Waals surface area contributed by atoms with E-state index < -0.39 is 0 Å². The molecule has 2 N–H and O–H groups in total. The van der Waals surface area contributed by atoms with Crippen molar-refractivity contribution in [3.63, 3.8) is 0 Å². The molecule has 1 aliphatic rings. The van der Waals surface area contributed by atoms with Gasteiger partial charge in [-0.25, -0.2) is 0 Å². The molecular weight excluding hydrogens is 234 g/mol. The van der Waals surface area contributed by atoms with Gasteiger partial charge < -0.3 is 15.2 Å². The Morgan fingerprint density at radius 2 is 2.53 bits per heavy atom. The smallest absolute Gasteiger partial charge is 0.0922 e. The van der Waals surface area contributed by atoms with Crippen LogP contribution in [0.2, 0.25) is 0 Å². The van der Waals surface area contributed by atoms with Gasteiger partial charge in [-0.1, -0.05) is 6.92 Å². The molecule has 4 heteroatoms. The molecule has 17 heavy (non-hydrogen) atoms. The van der Waals surface area contributed by atoms with E-state index in [9.17, 15) is 5.11 Å². The van der Waals surface area contributed by atoms with Crippen molar-refractivity contribution in [3.05, 3.63) is 22.4 Å². The molecule has 0 radical (unpaired) electrons. The van der Waals surface area contributed by atoms with Gasteiger partial charge in [0, 0.05) is 19.2 Å². The Morgan fingerprint density at radius 1 is 1.65 bits per heavy atom. The van der Waals surface area contributed by atoms with Crippen LogP contribution in [0.5, 0.6) is 0 Å². The molecule has 1 aliphatic heterocycles. The van der Waals surface area contributed by atoms with Crippen LogP contribution < -0.4 is 5.32 Å². The lowest BCUT2D eigenvalue weighted by atomic mass is 10.0. The molecule has 96 valence electrons. The molecule has 1 aromatic rings. The second-order valence-corrected chi connectivity index (χ2v) is 5.38. The zero-order valence-electron chi connectivity index (χ0n) is 10.3. The first-order chi connectivity index (χ1) is 8.29. The van der Waals surface area contributed by atoms with Gasteiger partial charge in [-0.3, -0.25) is 0 Å². The van der Waals surface area contributed by atoms with E-state index in [1.807, 2.05) is 16.8 Å². The van der Waals surface area contributed by atoms with E-state index in [1.165, 1.54) is 0 Å². The highest BCUT2D eigenvalue weighted by Crippen LogP contribution is 2.18. The van der Waals surface area contributed by atoms with Gasteiger partial charge in [-0.15, -0.1) is 0 Å². The Hall–Kier alpha value is -0.420. The predicted octanol–water partition coefficient (Wildman–Crippen LogP) is 2.33. The molecule has 2 rings (SSSR count). The molecule has 1 aromatic heterocycles. The minimum atomic E-state index is -0.385. The van der Waals surface area contributed by atoms with E-state index >= 15 is 0 Å². The fourth-order valence-corrected chi connectivity index (χ4v) is 2.92. The summed E-state index contributed by atoms with van der Waals surface area (Å²) in [4.78, 5) is 0. The lowest BCUT2D eigenvalue weighted by Gasteiger charge is -2.30. The van der Waals surface area contributed by atoms with E-state index in [-0.39, 0.29) is 6.10 Å². The van der Waals surface area contributed by atoms with Crippen LogP contribution in [0.3, 0.4) is 0 Å². The van der Waals surface area contributed by atoms with Crippen LogP contribution in [0, 0.1) is 0 Å². The molecule has 3 atom stereocenters. The molecule has 1 saturated heterocycles. The molecule has 0 saturated carbocycles. The summed E-state index contributed by atoms with van der Waals surface area (Å²) in [6.45, 7) is 3.63. The van der Waals surface area contributed by atoms with Crippen LogP contribution in [-0.2, 0) is 4.74 Å². The van der Waals surface area contributed by atoms with Gasteiger partial charge in [-0.05, 0) is 41.7 Å². The maximum absolute atomic E-state index is 9.98. The highest BCUT2D eigenvalue weighted by molar-refractivity contribution is 7.07. The van der Waals surface area contributed by atoms with E-state index in [0.717, 1.165) is 31.4 Å². The lowest BCUT2D eigenvalue weighted by Crippen LogP contribution is -2.40. The number of nitrogens with one attached hydrogen (secondary N) is 1. The maximum atomic E-state index is 9.98. The SMILES string of the molecule is CCC1CC(NCC(O)c2ccsc2)CCO1. The van der Waals surface area contributed by atoms with Gasteiger partial charge in [0.15, 0.2) is 0 Å². The lowest BCUT2D eigenvalue weighted by molar-refractivity contribution is -0.00203. The van der Waals surface area contributed by atoms with Crippen molar-refractivity contribution < 1.29 is 9.84 Å². The first-order valence-corrected chi connectivity index (χ1v) is 7.29. The number of hydrogen-bond acceptors (Lipinski definition) is 4. The number of ether oxygens (including phenoxy) is 1. The summed E-state index contributed by atoms with van der Waals surface area (Å²) in [5.41, 5.74) is 1.02.